The molecular weight excluding hydrogens is 318 g/mol. The number of fused-ring (bicyclic) bond motifs is 3. The molecule has 0 spiro atoms. The van der Waals surface area contributed by atoms with Crippen molar-refractivity contribution in [1.29, 1.82) is 0 Å². The first-order valence-electron chi connectivity index (χ1n) is 8.91. The third kappa shape index (κ3) is 2.82. The SMILES string of the molecule is CC(C)c1ccc2c(c1)C1OCCCC1C(c1cccc(Cl)c1)N2. The summed E-state index contributed by atoms with van der Waals surface area (Å²) in [5.74, 6) is 0.982. The molecule has 1 N–H and O–H groups in total. The second kappa shape index (κ2) is 6.42. The highest BCUT2D eigenvalue weighted by Crippen LogP contribution is 2.49. The topological polar surface area (TPSA) is 21.3 Å². The molecule has 0 bridgehead atoms. The van der Waals surface area contributed by atoms with E-state index in [1.807, 2.05) is 12.1 Å². The minimum absolute atomic E-state index is 0.178. The second-order valence-electron chi connectivity index (χ2n) is 7.28. The minimum Gasteiger partial charge on any atom is -0.378 e. The molecule has 1 saturated heterocycles. The first kappa shape index (κ1) is 16.0. The second-order valence-corrected chi connectivity index (χ2v) is 7.71. The first-order valence-corrected chi connectivity index (χ1v) is 9.29. The molecular formula is C21H24ClNO. The highest BCUT2D eigenvalue weighted by Gasteiger charge is 2.39. The Kier molecular flexibility index (Phi) is 4.28. The van der Waals surface area contributed by atoms with Crippen LogP contribution in [0.5, 0.6) is 0 Å². The van der Waals surface area contributed by atoms with Gasteiger partial charge in [0, 0.05) is 28.8 Å². The summed E-state index contributed by atoms with van der Waals surface area (Å²) in [5, 5.41) is 4.56. The van der Waals surface area contributed by atoms with E-state index < -0.39 is 0 Å². The summed E-state index contributed by atoms with van der Waals surface area (Å²) >= 11 is 6.24. The van der Waals surface area contributed by atoms with Gasteiger partial charge in [0.05, 0.1) is 12.1 Å². The van der Waals surface area contributed by atoms with E-state index in [4.69, 9.17) is 16.3 Å². The van der Waals surface area contributed by atoms with Crippen molar-refractivity contribution in [3.8, 4) is 0 Å². The van der Waals surface area contributed by atoms with Gasteiger partial charge in [0.25, 0.3) is 0 Å². The zero-order valence-electron chi connectivity index (χ0n) is 14.3. The number of nitrogens with one attached hydrogen (secondary N) is 1. The standard InChI is InChI=1S/C21H24ClNO/c1-13(2)14-8-9-19-18(12-14)21-17(7-4-10-24-21)20(23-19)15-5-3-6-16(22)11-15/h3,5-6,8-9,11-13,17,20-21,23H,4,7,10H2,1-2H3. The Balaban J connectivity index is 1.77. The van der Waals surface area contributed by atoms with Crippen molar-refractivity contribution in [2.75, 3.05) is 11.9 Å². The van der Waals surface area contributed by atoms with Gasteiger partial charge in [-0.2, -0.15) is 0 Å². The number of anilines is 1. The number of hydrogen-bond acceptors (Lipinski definition) is 2. The molecule has 0 aliphatic carbocycles. The van der Waals surface area contributed by atoms with Gasteiger partial charge in [-0.15, -0.1) is 0 Å². The Hall–Kier alpha value is -1.51. The van der Waals surface area contributed by atoms with Crippen LogP contribution in [0.2, 0.25) is 5.02 Å². The van der Waals surface area contributed by atoms with E-state index >= 15 is 0 Å². The summed E-state index contributed by atoms with van der Waals surface area (Å²) in [6, 6.07) is 15.3. The van der Waals surface area contributed by atoms with Crippen molar-refractivity contribution in [1.82, 2.24) is 0 Å². The molecule has 24 heavy (non-hydrogen) atoms. The van der Waals surface area contributed by atoms with Crippen molar-refractivity contribution in [2.24, 2.45) is 5.92 Å². The zero-order valence-corrected chi connectivity index (χ0v) is 15.0. The van der Waals surface area contributed by atoms with Gasteiger partial charge in [-0.05, 0) is 48.1 Å². The van der Waals surface area contributed by atoms with Crippen LogP contribution >= 0.6 is 11.6 Å². The molecule has 2 heterocycles. The van der Waals surface area contributed by atoms with E-state index in [2.05, 4.69) is 49.5 Å². The Bertz CT molecular complexity index is 742. The van der Waals surface area contributed by atoms with Gasteiger partial charge in [0.15, 0.2) is 0 Å². The highest BCUT2D eigenvalue weighted by molar-refractivity contribution is 6.30. The van der Waals surface area contributed by atoms with Crippen LogP contribution in [-0.4, -0.2) is 6.61 Å². The molecule has 0 aromatic heterocycles. The van der Waals surface area contributed by atoms with E-state index in [0.717, 1.165) is 18.1 Å². The monoisotopic (exact) mass is 341 g/mol. The third-order valence-corrected chi connectivity index (χ3v) is 5.60. The quantitative estimate of drug-likeness (QED) is 0.712. The molecule has 4 rings (SSSR count). The minimum atomic E-state index is 0.178. The van der Waals surface area contributed by atoms with Crippen LogP contribution in [0.15, 0.2) is 42.5 Å². The van der Waals surface area contributed by atoms with Crippen LogP contribution in [0.3, 0.4) is 0 Å². The number of ether oxygens (including phenoxy) is 1. The number of hydrogen-bond donors (Lipinski definition) is 1. The van der Waals surface area contributed by atoms with E-state index in [9.17, 15) is 0 Å². The van der Waals surface area contributed by atoms with Gasteiger partial charge in [0.2, 0.25) is 0 Å². The molecule has 0 radical (unpaired) electrons. The highest BCUT2D eigenvalue weighted by atomic mass is 35.5. The van der Waals surface area contributed by atoms with Gasteiger partial charge in [-0.1, -0.05) is 49.7 Å². The first-order chi connectivity index (χ1) is 11.6. The molecule has 1 fully saturated rings. The average molecular weight is 342 g/mol. The summed E-state index contributed by atoms with van der Waals surface area (Å²) in [4.78, 5) is 0. The maximum atomic E-state index is 6.25. The van der Waals surface area contributed by atoms with Crippen LogP contribution in [0.4, 0.5) is 5.69 Å². The van der Waals surface area contributed by atoms with Gasteiger partial charge in [-0.25, -0.2) is 0 Å². The number of rotatable bonds is 2. The molecule has 2 aliphatic heterocycles. The zero-order chi connectivity index (χ0) is 16.7. The fraction of sp³-hybridized carbons (Fsp3) is 0.429. The lowest BCUT2D eigenvalue weighted by Gasteiger charge is -2.43. The van der Waals surface area contributed by atoms with Gasteiger partial charge in [0.1, 0.15) is 0 Å². The fourth-order valence-electron chi connectivity index (χ4n) is 4.08. The lowest BCUT2D eigenvalue weighted by atomic mass is 9.77. The summed E-state index contributed by atoms with van der Waals surface area (Å²) in [7, 11) is 0. The fourth-order valence-corrected chi connectivity index (χ4v) is 4.28. The predicted molar refractivity (Wildman–Crippen MR) is 99.8 cm³/mol. The molecule has 3 unspecified atom stereocenters. The van der Waals surface area contributed by atoms with Crippen LogP contribution in [0, 0.1) is 5.92 Å². The molecule has 0 saturated carbocycles. The summed E-state index contributed by atoms with van der Waals surface area (Å²) < 4.78 is 6.25. The van der Waals surface area contributed by atoms with Gasteiger partial charge in [-0.3, -0.25) is 0 Å². The van der Waals surface area contributed by atoms with Crippen molar-refractivity contribution >= 4 is 17.3 Å². The molecule has 2 aliphatic rings. The summed E-state index contributed by atoms with van der Waals surface area (Å²) in [6.07, 6.45) is 2.48. The summed E-state index contributed by atoms with van der Waals surface area (Å²) in [6.45, 7) is 5.34. The lowest BCUT2D eigenvalue weighted by Crippen LogP contribution is -2.36. The lowest BCUT2D eigenvalue weighted by molar-refractivity contribution is -0.0381. The van der Waals surface area contributed by atoms with E-state index in [0.29, 0.717) is 11.8 Å². The van der Waals surface area contributed by atoms with Gasteiger partial charge < -0.3 is 10.1 Å². The van der Waals surface area contributed by atoms with Crippen molar-refractivity contribution in [3.63, 3.8) is 0 Å². The molecule has 126 valence electrons. The van der Waals surface area contributed by atoms with Crippen molar-refractivity contribution in [3.05, 3.63) is 64.2 Å². The number of halogens is 1. The Labute approximate surface area is 149 Å². The average Bonchev–Trinajstić information content (AvgIpc) is 2.60. The van der Waals surface area contributed by atoms with E-state index in [1.54, 1.807) is 0 Å². The van der Waals surface area contributed by atoms with E-state index in [-0.39, 0.29) is 12.1 Å². The van der Waals surface area contributed by atoms with Crippen LogP contribution in [-0.2, 0) is 4.74 Å². The summed E-state index contributed by atoms with van der Waals surface area (Å²) in [5.41, 5.74) is 5.16. The van der Waals surface area contributed by atoms with Crippen LogP contribution in [0.25, 0.3) is 0 Å². The van der Waals surface area contributed by atoms with Crippen LogP contribution < -0.4 is 5.32 Å². The van der Waals surface area contributed by atoms with Gasteiger partial charge >= 0.3 is 0 Å². The maximum Gasteiger partial charge on any atom is 0.0895 e. The molecule has 2 aromatic carbocycles. The molecule has 3 atom stereocenters. The van der Waals surface area contributed by atoms with E-state index in [1.165, 1.54) is 28.8 Å². The smallest absolute Gasteiger partial charge is 0.0895 e. The van der Waals surface area contributed by atoms with Crippen molar-refractivity contribution in [2.45, 2.75) is 44.8 Å². The normalized spacial score (nSPS) is 25.8. The molecule has 0 amide bonds. The van der Waals surface area contributed by atoms with Crippen molar-refractivity contribution < 1.29 is 4.74 Å². The Morgan fingerprint density at radius 2 is 2.04 bits per heavy atom. The number of benzene rings is 2. The predicted octanol–water partition coefficient (Wildman–Crippen LogP) is 6.10. The molecule has 3 heteroatoms. The van der Waals surface area contributed by atoms with Crippen LogP contribution in [0.1, 0.15) is 61.4 Å². The third-order valence-electron chi connectivity index (χ3n) is 5.36. The Morgan fingerprint density at radius 1 is 1.17 bits per heavy atom. The largest absolute Gasteiger partial charge is 0.378 e. The maximum absolute atomic E-state index is 6.25. The Morgan fingerprint density at radius 3 is 2.83 bits per heavy atom. The molecule has 2 nitrogen and oxygen atoms in total. The molecule has 2 aromatic rings.